The fourth-order valence-electron chi connectivity index (χ4n) is 3.79. The summed E-state index contributed by atoms with van der Waals surface area (Å²) in [7, 11) is 3.12. The van der Waals surface area contributed by atoms with Crippen LogP contribution in [0.2, 0.25) is 0 Å². The second-order valence-corrected chi connectivity index (χ2v) is 8.43. The number of Topliss-reactive ketones (excluding diaryl/α,β-unsaturated/α-hetero) is 1. The molecule has 164 valence electrons. The number of aromatic nitrogens is 1. The number of pyridine rings is 1. The van der Waals surface area contributed by atoms with Gasteiger partial charge in [-0.15, -0.1) is 0 Å². The van der Waals surface area contributed by atoms with Crippen LogP contribution in [-0.2, 0) is 19.7 Å². The van der Waals surface area contributed by atoms with Crippen molar-refractivity contribution in [3.8, 4) is 5.75 Å². The maximum Gasteiger partial charge on any atom is 0.295 e. The summed E-state index contributed by atoms with van der Waals surface area (Å²) in [6.45, 7) is 6.60. The van der Waals surface area contributed by atoms with Gasteiger partial charge in [0.1, 0.15) is 11.5 Å². The van der Waals surface area contributed by atoms with Crippen molar-refractivity contribution in [2.45, 2.75) is 32.2 Å². The number of hydrogen-bond donors (Lipinski definition) is 1. The predicted octanol–water partition coefficient (Wildman–Crippen LogP) is 3.46. The average Bonchev–Trinajstić information content (AvgIpc) is 3.01. The summed E-state index contributed by atoms with van der Waals surface area (Å²) in [4.78, 5) is 31.3. The molecule has 1 fully saturated rings. The van der Waals surface area contributed by atoms with Crippen molar-refractivity contribution >= 4 is 17.4 Å². The van der Waals surface area contributed by atoms with E-state index in [0.29, 0.717) is 16.9 Å². The van der Waals surface area contributed by atoms with E-state index in [1.165, 1.54) is 12.0 Å². The number of carbonyl (C=O) groups excluding carboxylic acids is 2. The van der Waals surface area contributed by atoms with Gasteiger partial charge in [-0.3, -0.25) is 14.6 Å². The second-order valence-electron chi connectivity index (χ2n) is 8.43. The zero-order valence-corrected chi connectivity index (χ0v) is 18.5. The number of aliphatic hydroxyl groups is 1. The van der Waals surface area contributed by atoms with Crippen LogP contribution in [-0.4, -0.2) is 54.1 Å². The van der Waals surface area contributed by atoms with Gasteiger partial charge in [0, 0.05) is 37.2 Å². The molecule has 0 spiro atoms. The first-order valence-corrected chi connectivity index (χ1v) is 10.1. The number of likely N-dealkylation sites (tertiary alicyclic amines) is 1. The summed E-state index contributed by atoms with van der Waals surface area (Å²) in [5.41, 5.74) is 1.83. The van der Waals surface area contributed by atoms with Gasteiger partial charge in [-0.25, -0.2) is 0 Å². The van der Waals surface area contributed by atoms with Gasteiger partial charge in [0.15, 0.2) is 0 Å². The first kappa shape index (κ1) is 22.5. The predicted molar refractivity (Wildman–Crippen MR) is 117 cm³/mol. The van der Waals surface area contributed by atoms with Crippen LogP contribution in [0.4, 0.5) is 0 Å². The Kier molecular flexibility index (Phi) is 6.45. The molecule has 1 aliphatic rings. The molecule has 0 bridgehead atoms. The first-order chi connectivity index (χ1) is 14.7. The lowest BCUT2D eigenvalue weighted by Crippen LogP contribution is -2.32. The van der Waals surface area contributed by atoms with Crippen LogP contribution in [0.1, 0.15) is 43.5 Å². The van der Waals surface area contributed by atoms with Crippen LogP contribution >= 0.6 is 0 Å². The van der Waals surface area contributed by atoms with E-state index in [2.05, 4.69) is 4.98 Å². The van der Waals surface area contributed by atoms with Crippen molar-refractivity contribution in [3.05, 3.63) is 65.0 Å². The molecule has 0 radical (unpaired) electrons. The van der Waals surface area contributed by atoms with Crippen LogP contribution in [0.5, 0.6) is 5.75 Å². The molecule has 3 rings (SSSR count). The molecule has 1 unspecified atom stereocenters. The highest BCUT2D eigenvalue weighted by Gasteiger charge is 2.45. The van der Waals surface area contributed by atoms with Crippen LogP contribution in [0.25, 0.3) is 5.76 Å². The van der Waals surface area contributed by atoms with E-state index < -0.39 is 17.7 Å². The fraction of sp³-hybridized carbons (Fsp3) is 0.375. The molecule has 7 heteroatoms. The first-order valence-electron chi connectivity index (χ1n) is 10.1. The minimum atomic E-state index is -0.724. The van der Waals surface area contributed by atoms with Gasteiger partial charge in [-0.2, -0.15) is 0 Å². The van der Waals surface area contributed by atoms with Gasteiger partial charge in [0.05, 0.1) is 25.3 Å². The molecule has 1 saturated heterocycles. The van der Waals surface area contributed by atoms with Crippen LogP contribution < -0.4 is 4.74 Å². The minimum absolute atomic E-state index is 0.0531. The number of nitrogens with zero attached hydrogens (tertiary/aromatic N) is 2. The number of hydrogen-bond acceptors (Lipinski definition) is 6. The minimum Gasteiger partial charge on any atom is -0.507 e. The van der Waals surface area contributed by atoms with E-state index >= 15 is 0 Å². The summed E-state index contributed by atoms with van der Waals surface area (Å²) in [6.07, 6.45) is 3.19. The molecular formula is C24H28N2O5. The lowest BCUT2D eigenvalue weighted by molar-refractivity contribution is -0.140. The monoisotopic (exact) mass is 424 g/mol. The van der Waals surface area contributed by atoms with Crippen molar-refractivity contribution in [1.29, 1.82) is 0 Å². The third-order valence-electron chi connectivity index (χ3n) is 5.38. The molecule has 2 heterocycles. The van der Waals surface area contributed by atoms with Crippen molar-refractivity contribution in [2.24, 2.45) is 0 Å². The summed E-state index contributed by atoms with van der Waals surface area (Å²) >= 11 is 0. The molecule has 1 N–H and O–H groups in total. The molecular weight excluding hydrogens is 396 g/mol. The normalized spacial score (nSPS) is 18.5. The Morgan fingerprint density at radius 3 is 2.39 bits per heavy atom. The lowest BCUT2D eigenvalue weighted by atomic mass is 9.84. The number of rotatable bonds is 6. The quantitative estimate of drug-likeness (QED) is 0.434. The second kappa shape index (κ2) is 8.89. The van der Waals surface area contributed by atoms with Crippen molar-refractivity contribution in [1.82, 2.24) is 9.88 Å². The van der Waals surface area contributed by atoms with E-state index in [1.54, 1.807) is 49.8 Å². The number of ether oxygens (including phenoxy) is 2. The molecule has 2 aromatic rings. The van der Waals surface area contributed by atoms with Crippen molar-refractivity contribution < 1.29 is 24.2 Å². The molecule has 1 amide bonds. The van der Waals surface area contributed by atoms with Crippen LogP contribution in [0, 0.1) is 0 Å². The number of methoxy groups -OCH3 is 2. The maximum absolute atomic E-state index is 13.0. The number of benzene rings is 1. The zero-order valence-electron chi connectivity index (χ0n) is 18.5. The Balaban J connectivity index is 2.19. The Hall–Kier alpha value is -3.19. The summed E-state index contributed by atoms with van der Waals surface area (Å²) in [6, 6.07) is 8.00. The molecule has 0 saturated carbocycles. The Morgan fingerprint density at radius 2 is 1.81 bits per heavy atom. The third-order valence-corrected chi connectivity index (χ3v) is 5.38. The standard InChI is InChI=1S/C24H28N2O5/c1-24(2,3)17-14-16(6-7-18(17)31-5)21(27)19-20(15-8-10-25-11-9-15)26(12-13-30-4)23(29)22(19)28/h6-11,14,20,27H,12-13H2,1-5H3/b21-19-. The van der Waals surface area contributed by atoms with Crippen molar-refractivity contribution in [3.63, 3.8) is 0 Å². The molecule has 1 aromatic heterocycles. The van der Waals surface area contributed by atoms with Gasteiger partial charge in [-0.05, 0) is 41.3 Å². The summed E-state index contributed by atoms with van der Waals surface area (Å²) < 4.78 is 10.6. The van der Waals surface area contributed by atoms with Crippen LogP contribution in [0.15, 0.2) is 48.3 Å². The molecule has 1 aromatic carbocycles. The largest absolute Gasteiger partial charge is 0.507 e. The highest BCUT2D eigenvalue weighted by Crippen LogP contribution is 2.40. The third kappa shape index (κ3) is 4.32. The van der Waals surface area contributed by atoms with E-state index in [0.717, 1.165) is 5.56 Å². The Morgan fingerprint density at radius 1 is 1.13 bits per heavy atom. The van der Waals surface area contributed by atoms with Gasteiger partial charge < -0.3 is 19.5 Å². The topological polar surface area (TPSA) is 89.0 Å². The zero-order chi connectivity index (χ0) is 22.8. The van der Waals surface area contributed by atoms with Gasteiger partial charge in [-0.1, -0.05) is 20.8 Å². The number of carbonyl (C=O) groups is 2. The van der Waals surface area contributed by atoms with Gasteiger partial charge in [0.2, 0.25) is 0 Å². The number of aliphatic hydroxyl groups excluding tert-OH is 1. The molecule has 31 heavy (non-hydrogen) atoms. The summed E-state index contributed by atoms with van der Waals surface area (Å²) in [5, 5.41) is 11.2. The molecule has 0 aliphatic carbocycles. The molecule has 1 atom stereocenters. The molecule has 7 nitrogen and oxygen atoms in total. The molecule has 1 aliphatic heterocycles. The number of amides is 1. The fourth-order valence-corrected chi connectivity index (χ4v) is 3.79. The van der Waals surface area contributed by atoms with E-state index in [1.807, 2.05) is 20.8 Å². The lowest BCUT2D eigenvalue weighted by Gasteiger charge is -2.25. The SMILES string of the molecule is COCCN1C(=O)C(=O)/C(=C(\O)c2ccc(OC)c(C(C)(C)C)c2)C1c1ccncc1. The smallest absolute Gasteiger partial charge is 0.295 e. The Labute approximate surface area is 182 Å². The van der Waals surface area contributed by atoms with Crippen LogP contribution in [0.3, 0.4) is 0 Å². The Bertz CT molecular complexity index is 1010. The highest BCUT2D eigenvalue weighted by molar-refractivity contribution is 6.46. The van der Waals surface area contributed by atoms with E-state index in [4.69, 9.17) is 9.47 Å². The van der Waals surface area contributed by atoms with E-state index in [9.17, 15) is 14.7 Å². The van der Waals surface area contributed by atoms with E-state index in [-0.39, 0.29) is 29.9 Å². The number of ketones is 1. The average molecular weight is 424 g/mol. The van der Waals surface area contributed by atoms with Crippen molar-refractivity contribution in [2.75, 3.05) is 27.4 Å². The highest BCUT2D eigenvalue weighted by atomic mass is 16.5. The maximum atomic E-state index is 13.0. The summed E-state index contributed by atoms with van der Waals surface area (Å²) in [5.74, 6) is -0.906. The van der Waals surface area contributed by atoms with Gasteiger partial charge >= 0.3 is 0 Å². The van der Waals surface area contributed by atoms with Gasteiger partial charge in [0.25, 0.3) is 11.7 Å².